The van der Waals surface area contributed by atoms with E-state index in [-0.39, 0.29) is 23.0 Å². The number of hydrogen-bond acceptors (Lipinski definition) is 5. The molecule has 0 bridgehead atoms. The molecule has 24 heavy (non-hydrogen) atoms. The molecule has 5 nitrogen and oxygen atoms in total. The fraction of sp³-hybridized carbons (Fsp3) is 0.176. The normalized spacial score (nSPS) is 10.2. The van der Waals surface area contributed by atoms with Crippen LogP contribution in [0.5, 0.6) is 5.75 Å². The summed E-state index contributed by atoms with van der Waals surface area (Å²) in [6.45, 7) is 0. The lowest BCUT2D eigenvalue weighted by Gasteiger charge is -2.02. The van der Waals surface area contributed by atoms with Crippen molar-refractivity contribution >= 4 is 45.7 Å². The number of carbonyl (C=O) groups excluding carboxylic acids is 1. The number of nitrogens with one attached hydrogen (secondary N) is 1. The third kappa shape index (κ3) is 4.10. The van der Waals surface area contributed by atoms with Crippen LogP contribution in [-0.4, -0.2) is 30.2 Å². The number of rotatable bonds is 5. The topological polar surface area (TPSA) is 64.2 Å². The Balaban J connectivity index is 0.00000208. The Hall–Kier alpha value is -1.99. The zero-order chi connectivity index (χ0) is 16.2. The summed E-state index contributed by atoms with van der Waals surface area (Å²) in [7, 11) is 3.02. The van der Waals surface area contributed by atoms with E-state index < -0.39 is 0 Å². The number of benzene rings is 2. The van der Waals surface area contributed by atoms with Crippen LogP contribution in [0.25, 0.3) is 11.0 Å². The largest absolute Gasteiger partial charge is 0.497 e. The van der Waals surface area contributed by atoms with Crippen molar-refractivity contribution in [1.29, 1.82) is 0 Å². The molecule has 0 aliphatic carbocycles. The lowest BCUT2D eigenvalue weighted by atomic mass is 10.1. The molecule has 0 saturated heterocycles. The Morgan fingerprint density at radius 3 is 2.58 bits per heavy atom. The molecule has 7 heteroatoms. The summed E-state index contributed by atoms with van der Waals surface area (Å²) in [6.07, 6.45) is 0. The van der Waals surface area contributed by atoms with E-state index in [0.717, 1.165) is 33.3 Å². The summed E-state index contributed by atoms with van der Waals surface area (Å²) in [5, 5.41) is 0.852. The highest BCUT2D eigenvalue weighted by atomic mass is 79.9. The second-order valence-corrected chi connectivity index (χ2v) is 5.87. The average molecular weight is 409 g/mol. The first-order valence-electron chi connectivity index (χ1n) is 7.03. The zero-order valence-electron chi connectivity index (χ0n) is 13.2. The highest BCUT2D eigenvalue weighted by Crippen LogP contribution is 2.25. The van der Waals surface area contributed by atoms with E-state index in [1.807, 2.05) is 30.3 Å². The predicted octanol–water partition coefficient (Wildman–Crippen LogP) is 4.23. The average Bonchev–Trinajstić information content (AvgIpc) is 3.01. The van der Waals surface area contributed by atoms with Gasteiger partial charge in [-0.2, -0.15) is 0 Å². The van der Waals surface area contributed by atoms with Gasteiger partial charge in [-0.25, -0.2) is 9.78 Å². The minimum Gasteiger partial charge on any atom is -0.497 e. The molecule has 3 aromatic rings. The van der Waals surface area contributed by atoms with Crippen molar-refractivity contribution in [1.82, 2.24) is 9.97 Å². The molecule has 0 saturated carbocycles. The van der Waals surface area contributed by atoms with Gasteiger partial charge in [-0.3, -0.25) is 0 Å². The number of esters is 1. The summed E-state index contributed by atoms with van der Waals surface area (Å²) in [6, 6.07) is 13.1. The van der Waals surface area contributed by atoms with Crippen LogP contribution in [0.15, 0.2) is 47.6 Å². The van der Waals surface area contributed by atoms with E-state index in [1.54, 1.807) is 31.0 Å². The van der Waals surface area contributed by atoms with Crippen molar-refractivity contribution in [3.63, 3.8) is 0 Å². The maximum atomic E-state index is 11.4. The number of ether oxygens (including phenoxy) is 2. The first kappa shape index (κ1) is 18.4. The Kier molecular flexibility index (Phi) is 6.28. The molecule has 0 radical (unpaired) electrons. The second kappa shape index (κ2) is 8.21. The summed E-state index contributed by atoms with van der Waals surface area (Å²) in [5.41, 5.74) is 3.53. The van der Waals surface area contributed by atoms with Gasteiger partial charge in [0.15, 0.2) is 5.16 Å². The highest BCUT2D eigenvalue weighted by molar-refractivity contribution is 8.93. The molecule has 1 aromatic heterocycles. The van der Waals surface area contributed by atoms with Crippen LogP contribution in [0.4, 0.5) is 0 Å². The standard InChI is InChI=1S/C17H16N2O3S.BrH/c1-21-13-7-8-14-15(9-13)19-17(18-14)23-10-11-3-5-12(6-4-11)16(20)22-2;/h3-9H,10H2,1-2H3,(H,18,19);1H. The number of imidazole rings is 1. The molecule has 0 unspecified atom stereocenters. The Labute approximate surface area is 154 Å². The van der Waals surface area contributed by atoms with Gasteiger partial charge in [-0.1, -0.05) is 23.9 Å². The van der Waals surface area contributed by atoms with Gasteiger partial charge in [0.25, 0.3) is 0 Å². The van der Waals surface area contributed by atoms with E-state index >= 15 is 0 Å². The van der Waals surface area contributed by atoms with Crippen LogP contribution in [0.2, 0.25) is 0 Å². The molecule has 2 aromatic carbocycles. The Morgan fingerprint density at radius 1 is 1.17 bits per heavy atom. The van der Waals surface area contributed by atoms with Gasteiger partial charge >= 0.3 is 5.97 Å². The molecule has 0 spiro atoms. The predicted molar refractivity (Wildman–Crippen MR) is 100 cm³/mol. The van der Waals surface area contributed by atoms with Crippen LogP contribution < -0.4 is 4.74 Å². The number of fused-ring (bicyclic) bond motifs is 1. The number of thioether (sulfide) groups is 1. The number of methoxy groups -OCH3 is 2. The first-order valence-corrected chi connectivity index (χ1v) is 8.02. The van der Waals surface area contributed by atoms with Crippen molar-refractivity contribution in [2.45, 2.75) is 10.9 Å². The Bertz CT molecular complexity index is 833. The maximum absolute atomic E-state index is 11.4. The number of halogens is 1. The molecule has 0 atom stereocenters. The van der Waals surface area contributed by atoms with Gasteiger partial charge in [0.05, 0.1) is 30.8 Å². The van der Waals surface area contributed by atoms with Crippen molar-refractivity contribution in [3.8, 4) is 5.75 Å². The summed E-state index contributed by atoms with van der Waals surface area (Å²) in [5.74, 6) is 1.24. The smallest absolute Gasteiger partial charge is 0.337 e. The first-order chi connectivity index (χ1) is 11.2. The highest BCUT2D eigenvalue weighted by Gasteiger charge is 2.07. The molecule has 1 heterocycles. The van der Waals surface area contributed by atoms with Gasteiger partial charge in [0.1, 0.15) is 5.75 Å². The van der Waals surface area contributed by atoms with Crippen molar-refractivity contribution in [2.75, 3.05) is 14.2 Å². The quantitative estimate of drug-likeness (QED) is 0.505. The number of aromatic nitrogens is 2. The summed E-state index contributed by atoms with van der Waals surface area (Å²) < 4.78 is 9.90. The molecule has 0 aliphatic heterocycles. The third-order valence-corrected chi connectivity index (χ3v) is 4.36. The second-order valence-electron chi connectivity index (χ2n) is 4.90. The molecule has 3 rings (SSSR count). The lowest BCUT2D eigenvalue weighted by molar-refractivity contribution is 0.0600. The van der Waals surface area contributed by atoms with Crippen LogP contribution in [0.1, 0.15) is 15.9 Å². The van der Waals surface area contributed by atoms with E-state index in [9.17, 15) is 4.79 Å². The molecule has 0 fully saturated rings. The molecular weight excluding hydrogens is 392 g/mol. The molecule has 0 aliphatic rings. The summed E-state index contributed by atoms with van der Waals surface area (Å²) in [4.78, 5) is 19.2. The number of aromatic amines is 1. The van der Waals surface area contributed by atoms with Crippen molar-refractivity contribution in [3.05, 3.63) is 53.6 Å². The van der Waals surface area contributed by atoms with Crippen molar-refractivity contribution in [2.24, 2.45) is 0 Å². The van der Waals surface area contributed by atoms with Crippen LogP contribution >= 0.6 is 28.7 Å². The molecule has 0 amide bonds. The fourth-order valence-electron chi connectivity index (χ4n) is 2.17. The number of nitrogens with zero attached hydrogens (tertiary/aromatic N) is 1. The van der Waals surface area contributed by atoms with Gasteiger partial charge in [0, 0.05) is 11.8 Å². The van der Waals surface area contributed by atoms with Crippen molar-refractivity contribution < 1.29 is 14.3 Å². The van der Waals surface area contributed by atoms with Gasteiger partial charge in [-0.15, -0.1) is 17.0 Å². The summed E-state index contributed by atoms with van der Waals surface area (Å²) >= 11 is 1.61. The minimum atomic E-state index is -0.324. The van der Waals surface area contributed by atoms with Crippen LogP contribution in [0.3, 0.4) is 0 Å². The number of H-pyrrole nitrogens is 1. The van der Waals surface area contributed by atoms with Gasteiger partial charge < -0.3 is 14.5 Å². The van der Waals surface area contributed by atoms with Crippen LogP contribution in [-0.2, 0) is 10.5 Å². The van der Waals surface area contributed by atoms with Gasteiger partial charge in [-0.05, 0) is 29.8 Å². The SMILES string of the molecule is Br.COC(=O)c1ccc(CSc2nc3ccc(OC)cc3[nH]2)cc1. The zero-order valence-corrected chi connectivity index (χ0v) is 15.8. The number of carbonyl (C=O) groups is 1. The Morgan fingerprint density at radius 2 is 1.92 bits per heavy atom. The molecule has 1 N–H and O–H groups in total. The maximum Gasteiger partial charge on any atom is 0.337 e. The van der Waals surface area contributed by atoms with Gasteiger partial charge in [0.2, 0.25) is 0 Å². The van der Waals surface area contributed by atoms with E-state index in [1.165, 1.54) is 7.11 Å². The van der Waals surface area contributed by atoms with E-state index in [4.69, 9.17) is 4.74 Å². The third-order valence-electron chi connectivity index (χ3n) is 3.42. The minimum absolute atomic E-state index is 0. The van der Waals surface area contributed by atoms with E-state index in [0.29, 0.717) is 5.56 Å². The fourth-order valence-corrected chi connectivity index (χ4v) is 3.01. The monoisotopic (exact) mass is 408 g/mol. The molecule has 126 valence electrons. The molecular formula is C17H17BrN2O3S. The lowest BCUT2D eigenvalue weighted by Crippen LogP contribution is -2.00. The van der Waals surface area contributed by atoms with E-state index in [2.05, 4.69) is 14.7 Å². The number of hydrogen-bond donors (Lipinski definition) is 1. The van der Waals surface area contributed by atoms with Crippen LogP contribution in [0, 0.1) is 0 Å².